The van der Waals surface area contributed by atoms with Crippen LogP contribution in [0.5, 0.6) is 0 Å². The van der Waals surface area contributed by atoms with Gasteiger partial charge in [-0.3, -0.25) is 0 Å². The number of hydrogen-bond donors (Lipinski definition) is 0. The van der Waals surface area contributed by atoms with Crippen LogP contribution in [-0.4, -0.2) is 0 Å². The minimum atomic E-state index is 0.706. The Hall–Kier alpha value is -0.980. The highest BCUT2D eigenvalue weighted by molar-refractivity contribution is 6.31. The third-order valence-electron chi connectivity index (χ3n) is 2.23. The fourth-order valence-corrected chi connectivity index (χ4v) is 2.18. The van der Waals surface area contributed by atoms with Crippen LogP contribution in [0, 0.1) is 26.0 Å². The molecule has 0 fully saturated rings. The maximum atomic E-state index is 6.01. The Morgan fingerprint density at radius 2 is 1.12 bits per heavy atom. The van der Waals surface area contributed by atoms with E-state index in [9.17, 15) is 0 Å². The van der Waals surface area contributed by atoms with Crippen molar-refractivity contribution in [3.8, 4) is 11.1 Å². The quantitative estimate of drug-likeness (QED) is 0.675. The minimum absolute atomic E-state index is 0.706. The summed E-state index contributed by atoms with van der Waals surface area (Å²) in [6.07, 6.45) is 0. The molecule has 0 bridgehead atoms. The molecular weight excluding hydrogens is 239 g/mol. The van der Waals surface area contributed by atoms with E-state index in [-0.39, 0.29) is 0 Å². The van der Waals surface area contributed by atoms with Crippen molar-refractivity contribution in [2.24, 2.45) is 0 Å². The lowest BCUT2D eigenvalue weighted by Crippen LogP contribution is -1.84. The van der Waals surface area contributed by atoms with E-state index in [2.05, 4.69) is 12.1 Å². The van der Waals surface area contributed by atoms with E-state index < -0.39 is 0 Å². The molecule has 0 aliphatic carbocycles. The SMILES string of the molecule is Cc1[c]c(-c2[c]c(C)cc(Cl)c2)cc(Cl)c1. The number of rotatable bonds is 1. The number of halogens is 2. The van der Waals surface area contributed by atoms with E-state index in [0.717, 1.165) is 22.3 Å². The van der Waals surface area contributed by atoms with Crippen molar-refractivity contribution in [1.29, 1.82) is 0 Å². The van der Waals surface area contributed by atoms with Gasteiger partial charge in [0.15, 0.2) is 0 Å². The molecule has 0 aliphatic heterocycles. The molecule has 0 unspecified atom stereocenters. The lowest BCUT2D eigenvalue weighted by Gasteiger charge is -2.05. The summed E-state index contributed by atoms with van der Waals surface area (Å²) in [7, 11) is 0. The summed E-state index contributed by atoms with van der Waals surface area (Å²) in [5, 5.41) is 1.41. The lowest BCUT2D eigenvalue weighted by molar-refractivity contribution is 1.42. The first kappa shape index (κ1) is 11.5. The molecule has 0 nitrogen and oxygen atoms in total. The summed E-state index contributed by atoms with van der Waals surface area (Å²) in [6, 6.07) is 14.0. The summed E-state index contributed by atoms with van der Waals surface area (Å²) in [4.78, 5) is 0. The van der Waals surface area contributed by atoms with Crippen LogP contribution in [0.2, 0.25) is 10.0 Å². The Labute approximate surface area is 106 Å². The van der Waals surface area contributed by atoms with Gasteiger partial charge in [0.05, 0.1) is 0 Å². The molecule has 0 atom stereocenters. The molecule has 0 heterocycles. The van der Waals surface area contributed by atoms with Crippen molar-refractivity contribution in [2.75, 3.05) is 0 Å². The van der Waals surface area contributed by atoms with Gasteiger partial charge < -0.3 is 0 Å². The first-order chi connectivity index (χ1) is 7.54. The second-order valence-corrected chi connectivity index (χ2v) is 4.66. The van der Waals surface area contributed by atoms with E-state index in [1.165, 1.54) is 0 Å². The van der Waals surface area contributed by atoms with Crippen LogP contribution in [0.15, 0.2) is 24.3 Å². The molecule has 2 aromatic carbocycles. The third kappa shape index (κ3) is 2.58. The molecule has 0 saturated carbocycles. The molecule has 0 aliphatic rings. The molecule has 0 spiro atoms. The standard InChI is InChI=1S/C14H10Cl2/c1-9-3-11(7-13(15)5-9)12-4-10(2)6-14(16)8-12/h5-8H,1-2H3. The van der Waals surface area contributed by atoms with E-state index >= 15 is 0 Å². The minimum Gasteiger partial charge on any atom is -0.0843 e. The molecule has 0 saturated heterocycles. The van der Waals surface area contributed by atoms with Gasteiger partial charge in [0, 0.05) is 10.0 Å². The van der Waals surface area contributed by atoms with Gasteiger partial charge >= 0.3 is 0 Å². The summed E-state index contributed by atoms with van der Waals surface area (Å²) < 4.78 is 0. The first-order valence-corrected chi connectivity index (χ1v) is 5.69. The van der Waals surface area contributed by atoms with Crippen LogP contribution >= 0.6 is 23.2 Å². The second kappa shape index (κ2) is 4.48. The largest absolute Gasteiger partial charge is 0.0843 e. The third-order valence-corrected chi connectivity index (χ3v) is 2.66. The van der Waals surface area contributed by atoms with Crippen molar-refractivity contribution in [3.05, 3.63) is 57.6 Å². The normalized spacial score (nSPS) is 10.5. The van der Waals surface area contributed by atoms with Crippen LogP contribution in [-0.2, 0) is 0 Å². The summed E-state index contributed by atoms with van der Waals surface area (Å²) >= 11 is 12.0. The van der Waals surface area contributed by atoms with Crippen LogP contribution in [0.25, 0.3) is 11.1 Å². The van der Waals surface area contributed by atoms with Gasteiger partial charge in [-0.25, -0.2) is 0 Å². The zero-order chi connectivity index (χ0) is 11.7. The highest BCUT2D eigenvalue weighted by Crippen LogP contribution is 2.27. The van der Waals surface area contributed by atoms with E-state index in [4.69, 9.17) is 23.2 Å². The molecule has 2 aromatic rings. The van der Waals surface area contributed by atoms with Gasteiger partial charge in [0.2, 0.25) is 0 Å². The molecule has 2 radical (unpaired) electrons. The van der Waals surface area contributed by atoms with Crippen LogP contribution < -0.4 is 0 Å². The van der Waals surface area contributed by atoms with Gasteiger partial charge in [-0.05, 0) is 72.5 Å². The van der Waals surface area contributed by atoms with Crippen molar-refractivity contribution in [3.63, 3.8) is 0 Å². The van der Waals surface area contributed by atoms with Crippen LogP contribution in [0.1, 0.15) is 11.1 Å². The van der Waals surface area contributed by atoms with Crippen LogP contribution in [0.3, 0.4) is 0 Å². The predicted octanol–water partition coefficient (Wildman–Crippen LogP) is 4.88. The smallest absolute Gasteiger partial charge is 0.0415 e. The number of hydrogen-bond acceptors (Lipinski definition) is 0. The molecule has 0 amide bonds. The molecule has 0 N–H and O–H groups in total. The lowest BCUT2D eigenvalue weighted by atomic mass is 10.0. The molecule has 80 valence electrons. The van der Waals surface area contributed by atoms with Crippen LogP contribution in [0.4, 0.5) is 0 Å². The number of benzene rings is 2. The highest BCUT2D eigenvalue weighted by atomic mass is 35.5. The van der Waals surface area contributed by atoms with E-state index in [0.29, 0.717) is 10.0 Å². The molecular formula is C14H10Cl2. The maximum Gasteiger partial charge on any atom is 0.0415 e. The van der Waals surface area contributed by atoms with Crippen molar-refractivity contribution in [1.82, 2.24) is 0 Å². The van der Waals surface area contributed by atoms with Gasteiger partial charge in [-0.2, -0.15) is 0 Å². The Bertz CT molecular complexity index is 440. The van der Waals surface area contributed by atoms with Gasteiger partial charge in [0.1, 0.15) is 0 Å². The highest BCUT2D eigenvalue weighted by Gasteiger charge is 2.03. The van der Waals surface area contributed by atoms with Crippen molar-refractivity contribution < 1.29 is 0 Å². The average molecular weight is 249 g/mol. The Kier molecular flexibility index (Phi) is 3.22. The zero-order valence-electron chi connectivity index (χ0n) is 9.07. The molecule has 2 rings (SSSR count). The van der Waals surface area contributed by atoms with Gasteiger partial charge in [-0.1, -0.05) is 23.2 Å². The average Bonchev–Trinajstić information content (AvgIpc) is 2.14. The fraction of sp³-hybridized carbons (Fsp3) is 0.143. The van der Waals surface area contributed by atoms with Gasteiger partial charge in [-0.15, -0.1) is 0 Å². The molecule has 0 aromatic heterocycles. The molecule has 2 heteroatoms. The number of aryl methyl sites for hydroxylation is 2. The van der Waals surface area contributed by atoms with Gasteiger partial charge in [0.25, 0.3) is 0 Å². The first-order valence-electron chi connectivity index (χ1n) is 4.94. The monoisotopic (exact) mass is 248 g/mol. The fourth-order valence-electron chi connectivity index (χ4n) is 1.63. The Morgan fingerprint density at radius 1 is 0.750 bits per heavy atom. The molecule has 16 heavy (non-hydrogen) atoms. The summed E-state index contributed by atoms with van der Waals surface area (Å²) in [5.74, 6) is 0. The maximum absolute atomic E-state index is 6.01. The Morgan fingerprint density at radius 3 is 1.44 bits per heavy atom. The summed E-state index contributed by atoms with van der Waals surface area (Å²) in [5.41, 5.74) is 3.87. The predicted molar refractivity (Wildman–Crippen MR) is 69.0 cm³/mol. The van der Waals surface area contributed by atoms with E-state index in [1.807, 2.05) is 38.1 Å². The topological polar surface area (TPSA) is 0 Å². The van der Waals surface area contributed by atoms with Crippen molar-refractivity contribution in [2.45, 2.75) is 13.8 Å². The summed E-state index contributed by atoms with van der Waals surface area (Å²) in [6.45, 7) is 3.93. The second-order valence-electron chi connectivity index (χ2n) is 3.79. The van der Waals surface area contributed by atoms with E-state index in [1.54, 1.807) is 0 Å². The Balaban J connectivity index is 2.57. The van der Waals surface area contributed by atoms with Crippen molar-refractivity contribution >= 4 is 23.2 Å². The zero-order valence-corrected chi connectivity index (χ0v) is 10.6.